The number of rotatable bonds is 7. The van der Waals surface area contributed by atoms with Crippen LogP contribution in [0.1, 0.15) is 29.8 Å². The van der Waals surface area contributed by atoms with Crippen molar-refractivity contribution in [3.8, 4) is 0 Å². The van der Waals surface area contributed by atoms with E-state index in [1.54, 1.807) is 12.1 Å². The third-order valence-corrected chi connectivity index (χ3v) is 2.49. The van der Waals surface area contributed by atoms with E-state index in [9.17, 15) is 9.59 Å². The standard InChI is InChI=1S/C14H20N2O4/c1-10(2)20-8-7-15-14(19)16-9-11-3-5-12(6-4-11)13(17)18/h3-6,10H,7-9H2,1-2H3,(H,17,18)(H2,15,16,19). The van der Waals surface area contributed by atoms with Crippen LogP contribution in [0.15, 0.2) is 24.3 Å². The summed E-state index contributed by atoms with van der Waals surface area (Å²) in [6.07, 6.45) is 0.146. The Morgan fingerprint density at radius 1 is 1.20 bits per heavy atom. The van der Waals surface area contributed by atoms with Crippen molar-refractivity contribution in [2.45, 2.75) is 26.5 Å². The molecular weight excluding hydrogens is 260 g/mol. The van der Waals surface area contributed by atoms with Crippen LogP contribution >= 0.6 is 0 Å². The van der Waals surface area contributed by atoms with Crippen molar-refractivity contribution in [1.82, 2.24) is 10.6 Å². The highest BCUT2D eigenvalue weighted by Gasteiger charge is 2.03. The summed E-state index contributed by atoms with van der Waals surface area (Å²) >= 11 is 0. The lowest BCUT2D eigenvalue weighted by molar-refractivity contribution is 0.0696. The van der Waals surface area contributed by atoms with Crippen molar-refractivity contribution in [2.75, 3.05) is 13.2 Å². The molecule has 20 heavy (non-hydrogen) atoms. The Morgan fingerprint density at radius 2 is 1.85 bits per heavy atom. The average Bonchev–Trinajstić information content (AvgIpc) is 2.41. The van der Waals surface area contributed by atoms with Gasteiger partial charge in [0.15, 0.2) is 0 Å². The highest BCUT2D eigenvalue weighted by Crippen LogP contribution is 2.03. The van der Waals surface area contributed by atoms with Crippen LogP contribution in [0.2, 0.25) is 0 Å². The van der Waals surface area contributed by atoms with E-state index in [2.05, 4.69) is 10.6 Å². The molecule has 1 rings (SSSR count). The summed E-state index contributed by atoms with van der Waals surface area (Å²) in [5, 5.41) is 14.1. The second-order valence-corrected chi connectivity index (χ2v) is 4.53. The number of nitrogens with one attached hydrogen (secondary N) is 2. The largest absolute Gasteiger partial charge is 0.478 e. The van der Waals surface area contributed by atoms with E-state index in [1.807, 2.05) is 13.8 Å². The molecule has 0 saturated heterocycles. The molecule has 0 aliphatic heterocycles. The second kappa shape index (κ2) is 8.16. The van der Waals surface area contributed by atoms with Gasteiger partial charge < -0.3 is 20.5 Å². The summed E-state index contributed by atoms with van der Waals surface area (Å²) in [4.78, 5) is 22.1. The van der Waals surface area contributed by atoms with Gasteiger partial charge in [0.25, 0.3) is 0 Å². The predicted octanol–water partition coefficient (Wildman–Crippen LogP) is 1.61. The summed E-state index contributed by atoms with van der Waals surface area (Å²) in [5.74, 6) is -0.965. The van der Waals surface area contributed by atoms with Gasteiger partial charge in [0.2, 0.25) is 0 Å². The maximum absolute atomic E-state index is 11.5. The van der Waals surface area contributed by atoms with E-state index in [0.29, 0.717) is 19.7 Å². The summed E-state index contributed by atoms with van der Waals surface area (Å²) in [7, 11) is 0. The number of carboxylic acid groups (broad SMARTS) is 1. The maximum Gasteiger partial charge on any atom is 0.335 e. The first-order valence-electron chi connectivity index (χ1n) is 6.44. The first kappa shape index (κ1) is 16.0. The van der Waals surface area contributed by atoms with Crippen molar-refractivity contribution in [2.24, 2.45) is 0 Å². The summed E-state index contributed by atoms with van der Waals surface area (Å²) in [5.41, 5.74) is 1.06. The molecule has 0 fully saturated rings. The quantitative estimate of drug-likeness (QED) is 0.662. The number of carboxylic acids is 1. The first-order valence-corrected chi connectivity index (χ1v) is 6.44. The highest BCUT2D eigenvalue weighted by atomic mass is 16.5. The highest BCUT2D eigenvalue weighted by molar-refractivity contribution is 5.87. The molecule has 0 aliphatic rings. The number of benzene rings is 1. The van der Waals surface area contributed by atoms with Crippen LogP contribution in [-0.2, 0) is 11.3 Å². The SMILES string of the molecule is CC(C)OCCNC(=O)NCc1ccc(C(=O)O)cc1. The molecule has 6 nitrogen and oxygen atoms in total. The monoisotopic (exact) mass is 280 g/mol. The Labute approximate surface area is 118 Å². The van der Waals surface area contributed by atoms with Gasteiger partial charge in [-0.05, 0) is 31.5 Å². The van der Waals surface area contributed by atoms with Gasteiger partial charge in [-0.3, -0.25) is 0 Å². The van der Waals surface area contributed by atoms with E-state index in [1.165, 1.54) is 12.1 Å². The number of hydrogen-bond donors (Lipinski definition) is 3. The van der Waals surface area contributed by atoms with Crippen molar-refractivity contribution < 1.29 is 19.4 Å². The molecule has 110 valence electrons. The zero-order chi connectivity index (χ0) is 15.0. The lowest BCUT2D eigenvalue weighted by Crippen LogP contribution is -2.37. The number of urea groups is 1. The molecule has 0 unspecified atom stereocenters. The molecule has 1 aromatic rings. The zero-order valence-corrected chi connectivity index (χ0v) is 11.7. The molecule has 1 aromatic carbocycles. The van der Waals surface area contributed by atoms with Gasteiger partial charge >= 0.3 is 12.0 Å². The number of aromatic carboxylic acids is 1. The fourth-order valence-corrected chi connectivity index (χ4v) is 1.47. The normalized spacial score (nSPS) is 10.3. The van der Waals surface area contributed by atoms with Crippen LogP contribution < -0.4 is 10.6 Å². The smallest absolute Gasteiger partial charge is 0.335 e. The van der Waals surface area contributed by atoms with Crippen molar-refractivity contribution in [1.29, 1.82) is 0 Å². The van der Waals surface area contributed by atoms with Crippen molar-refractivity contribution in [3.05, 3.63) is 35.4 Å². The minimum absolute atomic E-state index is 0.146. The molecule has 0 atom stereocenters. The van der Waals surface area contributed by atoms with Crippen LogP contribution in [-0.4, -0.2) is 36.4 Å². The Hall–Kier alpha value is -2.08. The molecule has 2 amide bonds. The zero-order valence-electron chi connectivity index (χ0n) is 11.7. The molecule has 0 aliphatic carbocycles. The van der Waals surface area contributed by atoms with E-state index >= 15 is 0 Å². The fourth-order valence-electron chi connectivity index (χ4n) is 1.47. The lowest BCUT2D eigenvalue weighted by Gasteiger charge is -2.10. The topological polar surface area (TPSA) is 87.7 Å². The molecule has 0 aromatic heterocycles. The number of ether oxygens (including phenoxy) is 1. The minimum atomic E-state index is -0.965. The molecule has 0 radical (unpaired) electrons. The third kappa shape index (κ3) is 6.19. The molecular formula is C14H20N2O4. The van der Waals surface area contributed by atoms with Gasteiger partial charge in [-0.1, -0.05) is 12.1 Å². The van der Waals surface area contributed by atoms with Crippen LogP contribution in [0.25, 0.3) is 0 Å². The van der Waals surface area contributed by atoms with Gasteiger partial charge in [-0.15, -0.1) is 0 Å². The molecule has 6 heteroatoms. The van der Waals surface area contributed by atoms with E-state index in [4.69, 9.17) is 9.84 Å². The van der Waals surface area contributed by atoms with Crippen LogP contribution in [0, 0.1) is 0 Å². The summed E-state index contributed by atoms with van der Waals surface area (Å²) in [6, 6.07) is 6.08. The predicted molar refractivity (Wildman–Crippen MR) is 74.7 cm³/mol. The van der Waals surface area contributed by atoms with Crippen molar-refractivity contribution >= 4 is 12.0 Å². The molecule has 0 saturated carbocycles. The van der Waals surface area contributed by atoms with Gasteiger partial charge in [-0.2, -0.15) is 0 Å². The van der Waals surface area contributed by atoms with E-state index < -0.39 is 5.97 Å². The number of carbonyl (C=O) groups is 2. The average molecular weight is 280 g/mol. The Bertz CT molecular complexity index is 443. The van der Waals surface area contributed by atoms with Crippen LogP contribution in [0.5, 0.6) is 0 Å². The van der Waals surface area contributed by atoms with Crippen LogP contribution in [0.4, 0.5) is 4.79 Å². The van der Waals surface area contributed by atoms with E-state index in [-0.39, 0.29) is 17.7 Å². The second-order valence-electron chi connectivity index (χ2n) is 4.53. The molecule has 0 spiro atoms. The summed E-state index contributed by atoms with van der Waals surface area (Å²) in [6.45, 7) is 5.12. The molecule has 0 heterocycles. The van der Waals surface area contributed by atoms with Gasteiger partial charge in [-0.25, -0.2) is 9.59 Å². The molecule has 3 N–H and O–H groups in total. The van der Waals surface area contributed by atoms with Crippen LogP contribution in [0.3, 0.4) is 0 Å². The number of carbonyl (C=O) groups excluding carboxylic acids is 1. The Kier molecular flexibility index (Phi) is 6.52. The number of hydrogen-bond acceptors (Lipinski definition) is 3. The lowest BCUT2D eigenvalue weighted by atomic mass is 10.1. The molecule has 0 bridgehead atoms. The summed E-state index contributed by atoms with van der Waals surface area (Å²) < 4.78 is 5.29. The number of amides is 2. The fraction of sp³-hybridized carbons (Fsp3) is 0.429. The first-order chi connectivity index (χ1) is 9.49. The van der Waals surface area contributed by atoms with Gasteiger partial charge in [0, 0.05) is 13.1 Å². The maximum atomic E-state index is 11.5. The Balaban J connectivity index is 2.25. The minimum Gasteiger partial charge on any atom is -0.478 e. The van der Waals surface area contributed by atoms with E-state index in [0.717, 1.165) is 5.56 Å². The third-order valence-electron chi connectivity index (χ3n) is 2.49. The van der Waals surface area contributed by atoms with Gasteiger partial charge in [0.1, 0.15) is 0 Å². The Morgan fingerprint density at radius 3 is 2.40 bits per heavy atom. The van der Waals surface area contributed by atoms with Crippen molar-refractivity contribution in [3.63, 3.8) is 0 Å². The van der Waals surface area contributed by atoms with Gasteiger partial charge in [0.05, 0.1) is 18.3 Å².